The van der Waals surface area contributed by atoms with Crippen LogP contribution in [0.4, 0.5) is 13.2 Å². The number of aromatic nitrogens is 1. The van der Waals surface area contributed by atoms with Crippen LogP contribution in [0, 0.1) is 13.8 Å². The van der Waals surface area contributed by atoms with E-state index in [0.717, 1.165) is 22.6 Å². The van der Waals surface area contributed by atoms with Gasteiger partial charge < -0.3 is 0 Å². The first-order chi connectivity index (χ1) is 7.39. The van der Waals surface area contributed by atoms with E-state index in [2.05, 4.69) is 4.98 Å². The highest BCUT2D eigenvalue weighted by Gasteiger charge is 2.32. The van der Waals surface area contributed by atoms with E-state index in [9.17, 15) is 13.2 Å². The van der Waals surface area contributed by atoms with Crippen LogP contribution in [0.5, 0.6) is 0 Å². The highest BCUT2D eigenvalue weighted by Crippen LogP contribution is 2.30. The van der Waals surface area contributed by atoms with Gasteiger partial charge in [0.15, 0.2) is 0 Å². The molecular weight excluding hydrogens is 215 g/mol. The van der Waals surface area contributed by atoms with Crippen molar-refractivity contribution < 1.29 is 13.2 Å². The van der Waals surface area contributed by atoms with E-state index in [1.54, 1.807) is 13.0 Å². The largest absolute Gasteiger partial charge is 0.433 e. The van der Waals surface area contributed by atoms with E-state index in [-0.39, 0.29) is 0 Å². The molecule has 0 aliphatic rings. The van der Waals surface area contributed by atoms with Crippen molar-refractivity contribution in [3.8, 4) is 0 Å². The van der Waals surface area contributed by atoms with Gasteiger partial charge in [-0.2, -0.15) is 13.2 Å². The molecule has 0 aliphatic carbocycles. The van der Waals surface area contributed by atoms with Crippen LogP contribution in [0.15, 0.2) is 24.3 Å². The zero-order chi connectivity index (χ0) is 11.9. The van der Waals surface area contributed by atoms with Crippen molar-refractivity contribution in [1.29, 1.82) is 0 Å². The lowest BCUT2D eigenvalue weighted by Crippen LogP contribution is -2.08. The van der Waals surface area contributed by atoms with Crippen molar-refractivity contribution in [2.75, 3.05) is 0 Å². The molecule has 4 heteroatoms. The molecular formula is C12H10F3N. The summed E-state index contributed by atoms with van der Waals surface area (Å²) >= 11 is 0. The fourth-order valence-corrected chi connectivity index (χ4v) is 1.65. The van der Waals surface area contributed by atoms with Gasteiger partial charge in [0.05, 0.1) is 5.52 Å². The van der Waals surface area contributed by atoms with Crippen molar-refractivity contribution in [3.05, 3.63) is 41.1 Å². The van der Waals surface area contributed by atoms with Crippen LogP contribution in [-0.4, -0.2) is 4.98 Å². The number of nitrogens with zero attached hydrogens (tertiary/aromatic N) is 1. The fourth-order valence-electron chi connectivity index (χ4n) is 1.65. The Morgan fingerprint density at radius 1 is 0.938 bits per heavy atom. The summed E-state index contributed by atoms with van der Waals surface area (Å²) in [7, 11) is 0. The summed E-state index contributed by atoms with van der Waals surface area (Å²) in [4.78, 5) is 3.68. The second-order valence-corrected chi connectivity index (χ2v) is 3.79. The molecule has 0 unspecified atom stereocenters. The second-order valence-electron chi connectivity index (χ2n) is 3.79. The zero-order valence-corrected chi connectivity index (χ0v) is 8.89. The number of alkyl halides is 3. The van der Waals surface area contributed by atoms with E-state index >= 15 is 0 Å². The smallest absolute Gasteiger partial charge is 0.243 e. The first kappa shape index (κ1) is 10.9. The number of aryl methyl sites for hydroxylation is 2. The van der Waals surface area contributed by atoms with Gasteiger partial charge in [-0.3, -0.25) is 0 Å². The first-order valence-electron chi connectivity index (χ1n) is 4.84. The van der Waals surface area contributed by atoms with Crippen molar-refractivity contribution >= 4 is 10.9 Å². The summed E-state index contributed by atoms with van der Waals surface area (Å²) in [5.74, 6) is 0. The van der Waals surface area contributed by atoms with Crippen LogP contribution in [0.1, 0.15) is 16.8 Å². The molecule has 1 heterocycles. The first-order valence-corrected chi connectivity index (χ1v) is 4.84. The van der Waals surface area contributed by atoms with Gasteiger partial charge in [0.2, 0.25) is 0 Å². The SMILES string of the molecule is Cc1ccc(C)c2nc(C(F)(F)F)ccc12. The van der Waals surface area contributed by atoms with Crippen LogP contribution < -0.4 is 0 Å². The monoisotopic (exact) mass is 225 g/mol. The van der Waals surface area contributed by atoms with Crippen LogP contribution in [-0.2, 0) is 6.18 Å². The Labute approximate surface area is 90.9 Å². The van der Waals surface area contributed by atoms with Gasteiger partial charge in [-0.05, 0) is 31.0 Å². The maximum absolute atomic E-state index is 12.5. The summed E-state index contributed by atoms with van der Waals surface area (Å²) < 4.78 is 37.5. The van der Waals surface area contributed by atoms with E-state index in [1.807, 2.05) is 13.0 Å². The average Bonchev–Trinajstić information content (AvgIpc) is 2.22. The molecule has 0 radical (unpaired) electrons. The third-order valence-corrected chi connectivity index (χ3v) is 2.57. The van der Waals surface area contributed by atoms with E-state index < -0.39 is 11.9 Å². The average molecular weight is 225 g/mol. The quantitative estimate of drug-likeness (QED) is 0.663. The lowest BCUT2D eigenvalue weighted by molar-refractivity contribution is -0.140. The van der Waals surface area contributed by atoms with Gasteiger partial charge in [-0.15, -0.1) is 0 Å². The highest BCUT2D eigenvalue weighted by molar-refractivity contribution is 5.85. The van der Waals surface area contributed by atoms with E-state index in [1.165, 1.54) is 6.07 Å². The Balaban J connectivity index is 2.76. The van der Waals surface area contributed by atoms with E-state index in [4.69, 9.17) is 0 Å². The standard InChI is InChI=1S/C12H10F3N/c1-7-3-4-8(2)11-9(7)5-6-10(16-11)12(13,14)15/h3-6H,1-2H3. The van der Waals surface area contributed by atoms with Gasteiger partial charge >= 0.3 is 6.18 Å². The Hall–Kier alpha value is -1.58. The number of hydrogen-bond acceptors (Lipinski definition) is 1. The van der Waals surface area contributed by atoms with E-state index in [0.29, 0.717) is 5.52 Å². The molecule has 0 atom stereocenters. The molecule has 1 aromatic carbocycles. The maximum atomic E-state index is 12.5. The normalized spacial score (nSPS) is 12.1. The Morgan fingerprint density at radius 3 is 2.19 bits per heavy atom. The molecule has 1 aromatic heterocycles. The number of fused-ring (bicyclic) bond motifs is 1. The Kier molecular flexibility index (Phi) is 2.37. The summed E-state index contributed by atoms with van der Waals surface area (Å²) in [6.45, 7) is 3.62. The molecule has 2 aromatic rings. The summed E-state index contributed by atoms with van der Waals surface area (Å²) in [5, 5.41) is 0.771. The minimum absolute atomic E-state index is 0.426. The van der Waals surface area contributed by atoms with Gasteiger partial charge in [0, 0.05) is 5.39 Å². The van der Waals surface area contributed by atoms with Crippen LogP contribution >= 0.6 is 0 Å². The van der Waals surface area contributed by atoms with Crippen LogP contribution in [0.25, 0.3) is 10.9 Å². The molecule has 16 heavy (non-hydrogen) atoms. The van der Waals surface area contributed by atoms with Gasteiger partial charge in [0.1, 0.15) is 5.69 Å². The highest BCUT2D eigenvalue weighted by atomic mass is 19.4. The Bertz CT molecular complexity index is 544. The van der Waals surface area contributed by atoms with Crippen LogP contribution in [0.3, 0.4) is 0 Å². The number of hydrogen-bond donors (Lipinski definition) is 0. The predicted octanol–water partition coefficient (Wildman–Crippen LogP) is 3.87. The molecule has 0 N–H and O–H groups in total. The molecule has 1 nitrogen and oxygen atoms in total. The molecule has 0 saturated carbocycles. The van der Waals surface area contributed by atoms with Crippen LogP contribution in [0.2, 0.25) is 0 Å². The summed E-state index contributed by atoms with van der Waals surface area (Å²) in [6.07, 6.45) is -4.38. The summed E-state index contributed by atoms with van der Waals surface area (Å²) in [6, 6.07) is 6.17. The zero-order valence-electron chi connectivity index (χ0n) is 8.89. The Morgan fingerprint density at radius 2 is 1.56 bits per heavy atom. The number of rotatable bonds is 0. The lowest BCUT2D eigenvalue weighted by Gasteiger charge is -2.09. The molecule has 0 fully saturated rings. The molecule has 0 saturated heterocycles. The molecule has 0 amide bonds. The van der Waals surface area contributed by atoms with Gasteiger partial charge in [0.25, 0.3) is 0 Å². The third-order valence-electron chi connectivity index (χ3n) is 2.57. The number of benzene rings is 1. The lowest BCUT2D eigenvalue weighted by atomic mass is 10.1. The molecule has 84 valence electrons. The molecule has 0 spiro atoms. The summed E-state index contributed by atoms with van der Waals surface area (Å²) in [5.41, 5.74) is 1.28. The number of pyridine rings is 1. The van der Waals surface area contributed by atoms with Gasteiger partial charge in [-0.1, -0.05) is 18.2 Å². The minimum Gasteiger partial charge on any atom is -0.243 e. The third kappa shape index (κ3) is 1.75. The molecule has 0 bridgehead atoms. The maximum Gasteiger partial charge on any atom is 0.433 e. The van der Waals surface area contributed by atoms with Crippen molar-refractivity contribution in [3.63, 3.8) is 0 Å². The van der Waals surface area contributed by atoms with Crippen molar-refractivity contribution in [1.82, 2.24) is 4.98 Å². The minimum atomic E-state index is -4.38. The second kappa shape index (κ2) is 3.47. The van der Waals surface area contributed by atoms with Crippen molar-refractivity contribution in [2.45, 2.75) is 20.0 Å². The fraction of sp³-hybridized carbons (Fsp3) is 0.250. The van der Waals surface area contributed by atoms with Crippen molar-refractivity contribution in [2.24, 2.45) is 0 Å². The molecule has 2 rings (SSSR count). The van der Waals surface area contributed by atoms with Gasteiger partial charge in [-0.25, -0.2) is 4.98 Å². The number of halogens is 3. The topological polar surface area (TPSA) is 12.9 Å². The molecule has 0 aliphatic heterocycles. The predicted molar refractivity (Wildman–Crippen MR) is 56.2 cm³/mol.